The topological polar surface area (TPSA) is 52.0 Å². The van der Waals surface area contributed by atoms with Gasteiger partial charge in [0.05, 0.1) is 12.3 Å². The Morgan fingerprint density at radius 1 is 1.29 bits per heavy atom. The molecular formula is C12H24N4O. The molecule has 1 heterocycles. The molecule has 1 rings (SSSR count). The minimum atomic E-state index is 0.581. The van der Waals surface area contributed by atoms with E-state index in [2.05, 4.69) is 22.6 Å². The summed E-state index contributed by atoms with van der Waals surface area (Å²) in [6.45, 7) is 4.48. The van der Waals surface area contributed by atoms with Crippen LogP contribution in [0.4, 0.5) is 0 Å². The molecule has 1 aromatic heterocycles. The van der Waals surface area contributed by atoms with Gasteiger partial charge in [0.1, 0.15) is 5.69 Å². The second kappa shape index (κ2) is 8.20. The van der Waals surface area contributed by atoms with E-state index in [1.165, 1.54) is 19.3 Å². The van der Waals surface area contributed by atoms with E-state index in [0.717, 1.165) is 30.9 Å². The van der Waals surface area contributed by atoms with Crippen molar-refractivity contribution in [1.29, 1.82) is 0 Å². The molecule has 0 fully saturated rings. The standard InChI is InChI=1S/C12H24N4O/c1-4-5-6-7-8-16-12(10-17-3)11(9-13-2)14-15-16/h13H,4-10H2,1-3H3. The number of hydrogen-bond donors (Lipinski definition) is 1. The van der Waals surface area contributed by atoms with Crippen LogP contribution in [0.5, 0.6) is 0 Å². The molecule has 17 heavy (non-hydrogen) atoms. The predicted octanol–water partition coefficient (Wildman–Crippen LogP) is 1.72. The van der Waals surface area contributed by atoms with Crippen LogP contribution in [-0.4, -0.2) is 29.2 Å². The first-order valence-electron chi connectivity index (χ1n) is 6.38. The molecule has 1 N–H and O–H groups in total. The fourth-order valence-corrected chi connectivity index (χ4v) is 1.84. The summed E-state index contributed by atoms with van der Waals surface area (Å²) in [6, 6.07) is 0. The number of aromatic nitrogens is 3. The van der Waals surface area contributed by atoms with Gasteiger partial charge >= 0.3 is 0 Å². The molecule has 0 aliphatic rings. The number of unbranched alkanes of at least 4 members (excludes halogenated alkanes) is 3. The van der Waals surface area contributed by atoms with Crippen LogP contribution >= 0.6 is 0 Å². The highest BCUT2D eigenvalue weighted by molar-refractivity contribution is 5.08. The van der Waals surface area contributed by atoms with Gasteiger partial charge < -0.3 is 10.1 Å². The summed E-state index contributed by atoms with van der Waals surface area (Å²) in [6.07, 6.45) is 4.96. The minimum Gasteiger partial charge on any atom is -0.378 e. The van der Waals surface area contributed by atoms with E-state index in [-0.39, 0.29) is 0 Å². The van der Waals surface area contributed by atoms with E-state index >= 15 is 0 Å². The highest BCUT2D eigenvalue weighted by Gasteiger charge is 2.11. The van der Waals surface area contributed by atoms with E-state index in [0.29, 0.717) is 6.61 Å². The lowest BCUT2D eigenvalue weighted by Gasteiger charge is -2.07. The van der Waals surface area contributed by atoms with Crippen LogP contribution in [0.15, 0.2) is 0 Å². The maximum Gasteiger partial charge on any atom is 0.102 e. The van der Waals surface area contributed by atoms with Gasteiger partial charge in [0, 0.05) is 20.2 Å². The maximum absolute atomic E-state index is 5.21. The van der Waals surface area contributed by atoms with Gasteiger partial charge in [-0.2, -0.15) is 0 Å². The lowest BCUT2D eigenvalue weighted by molar-refractivity contribution is 0.175. The van der Waals surface area contributed by atoms with Gasteiger partial charge in [-0.1, -0.05) is 31.4 Å². The van der Waals surface area contributed by atoms with Crippen molar-refractivity contribution >= 4 is 0 Å². The zero-order valence-electron chi connectivity index (χ0n) is 11.2. The van der Waals surface area contributed by atoms with Crippen molar-refractivity contribution in [2.75, 3.05) is 14.2 Å². The van der Waals surface area contributed by atoms with Crippen LogP contribution in [0.3, 0.4) is 0 Å². The predicted molar refractivity (Wildman–Crippen MR) is 67.6 cm³/mol. The van der Waals surface area contributed by atoms with Crippen molar-refractivity contribution in [3.05, 3.63) is 11.4 Å². The zero-order valence-corrected chi connectivity index (χ0v) is 11.2. The second-order valence-corrected chi connectivity index (χ2v) is 4.23. The van der Waals surface area contributed by atoms with Crippen molar-refractivity contribution in [2.45, 2.75) is 52.3 Å². The van der Waals surface area contributed by atoms with E-state index in [4.69, 9.17) is 4.74 Å². The summed E-state index contributed by atoms with van der Waals surface area (Å²) in [5, 5.41) is 11.5. The van der Waals surface area contributed by atoms with Crippen molar-refractivity contribution in [3.63, 3.8) is 0 Å². The maximum atomic E-state index is 5.21. The Bertz CT molecular complexity index is 311. The molecule has 0 saturated carbocycles. The Hall–Kier alpha value is -0.940. The molecule has 0 bridgehead atoms. The van der Waals surface area contributed by atoms with Crippen LogP contribution in [0.25, 0.3) is 0 Å². The molecule has 0 aromatic carbocycles. The SMILES string of the molecule is CCCCCCn1nnc(CNC)c1COC. The molecule has 0 aliphatic carbocycles. The third kappa shape index (κ3) is 4.44. The number of nitrogens with zero attached hydrogens (tertiary/aromatic N) is 3. The summed E-state index contributed by atoms with van der Waals surface area (Å²) in [4.78, 5) is 0. The summed E-state index contributed by atoms with van der Waals surface area (Å²) < 4.78 is 7.19. The normalized spacial score (nSPS) is 11.0. The lowest BCUT2D eigenvalue weighted by Crippen LogP contribution is -2.11. The highest BCUT2D eigenvalue weighted by Crippen LogP contribution is 2.09. The zero-order chi connectivity index (χ0) is 12.5. The summed E-state index contributed by atoms with van der Waals surface area (Å²) in [5.41, 5.74) is 2.09. The molecule has 0 saturated heterocycles. The fourth-order valence-electron chi connectivity index (χ4n) is 1.84. The van der Waals surface area contributed by atoms with Crippen LogP contribution < -0.4 is 5.32 Å². The van der Waals surface area contributed by atoms with Gasteiger partial charge in [-0.25, -0.2) is 4.68 Å². The second-order valence-electron chi connectivity index (χ2n) is 4.23. The Morgan fingerprint density at radius 2 is 2.12 bits per heavy atom. The van der Waals surface area contributed by atoms with E-state index in [1.807, 2.05) is 11.7 Å². The largest absolute Gasteiger partial charge is 0.378 e. The lowest BCUT2D eigenvalue weighted by atomic mass is 10.2. The smallest absolute Gasteiger partial charge is 0.102 e. The number of methoxy groups -OCH3 is 1. The molecular weight excluding hydrogens is 216 g/mol. The van der Waals surface area contributed by atoms with Crippen molar-refractivity contribution < 1.29 is 4.74 Å². The summed E-state index contributed by atoms with van der Waals surface area (Å²) in [5.74, 6) is 0. The number of ether oxygens (including phenoxy) is 1. The van der Waals surface area contributed by atoms with Crippen molar-refractivity contribution in [2.24, 2.45) is 0 Å². The molecule has 0 radical (unpaired) electrons. The van der Waals surface area contributed by atoms with E-state index < -0.39 is 0 Å². The summed E-state index contributed by atoms with van der Waals surface area (Å²) in [7, 11) is 3.62. The average molecular weight is 240 g/mol. The van der Waals surface area contributed by atoms with Crippen LogP contribution in [-0.2, 0) is 24.4 Å². The van der Waals surface area contributed by atoms with Crippen LogP contribution in [0, 0.1) is 0 Å². The third-order valence-electron chi connectivity index (χ3n) is 2.77. The third-order valence-corrected chi connectivity index (χ3v) is 2.77. The monoisotopic (exact) mass is 240 g/mol. The first-order chi connectivity index (χ1) is 8.33. The van der Waals surface area contributed by atoms with Gasteiger partial charge in [0.2, 0.25) is 0 Å². The first-order valence-corrected chi connectivity index (χ1v) is 6.38. The van der Waals surface area contributed by atoms with Crippen molar-refractivity contribution in [3.8, 4) is 0 Å². The van der Waals surface area contributed by atoms with Gasteiger partial charge in [-0.15, -0.1) is 5.10 Å². The van der Waals surface area contributed by atoms with Gasteiger partial charge in [-0.3, -0.25) is 0 Å². The average Bonchev–Trinajstić information content (AvgIpc) is 2.69. The Balaban J connectivity index is 2.56. The first kappa shape index (κ1) is 14.1. The highest BCUT2D eigenvalue weighted by atomic mass is 16.5. The fraction of sp³-hybridized carbons (Fsp3) is 0.833. The van der Waals surface area contributed by atoms with Crippen LogP contribution in [0.2, 0.25) is 0 Å². The van der Waals surface area contributed by atoms with Gasteiger partial charge in [0.15, 0.2) is 0 Å². The van der Waals surface area contributed by atoms with E-state index in [1.54, 1.807) is 7.11 Å². The Kier molecular flexibility index (Phi) is 6.81. The Morgan fingerprint density at radius 3 is 2.76 bits per heavy atom. The molecule has 0 aliphatic heterocycles. The van der Waals surface area contributed by atoms with Crippen LogP contribution in [0.1, 0.15) is 44.0 Å². The number of nitrogens with one attached hydrogen (secondary N) is 1. The molecule has 98 valence electrons. The molecule has 0 unspecified atom stereocenters. The molecule has 0 atom stereocenters. The minimum absolute atomic E-state index is 0.581. The van der Waals surface area contributed by atoms with E-state index in [9.17, 15) is 0 Å². The Labute approximate surface area is 104 Å². The quantitative estimate of drug-likeness (QED) is 0.668. The molecule has 1 aromatic rings. The molecule has 5 heteroatoms. The molecule has 0 amide bonds. The number of rotatable bonds is 9. The number of hydrogen-bond acceptors (Lipinski definition) is 4. The van der Waals surface area contributed by atoms with Gasteiger partial charge in [0.25, 0.3) is 0 Å². The molecule has 5 nitrogen and oxygen atoms in total. The molecule has 0 spiro atoms. The number of aryl methyl sites for hydroxylation is 1. The van der Waals surface area contributed by atoms with Crippen molar-refractivity contribution in [1.82, 2.24) is 20.3 Å². The van der Waals surface area contributed by atoms with Gasteiger partial charge in [-0.05, 0) is 13.5 Å². The summed E-state index contributed by atoms with van der Waals surface area (Å²) >= 11 is 0.